The molecule has 1 heterocycles. The Morgan fingerprint density at radius 1 is 1.10 bits per heavy atom. The molecule has 0 saturated carbocycles. The van der Waals surface area contributed by atoms with Crippen LogP contribution in [0.2, 0.25) is 5.02 Å². The molecule has 31 heavy (non-hydrogen) atoms. The van der Waals surface area contributed by atoms with Crippen molar-refractivity contribution in [1.82, 2.24) is 4.98 Å². The summed E-state index contributed by atoms with van der Waals surface area (Å²) in [5.74, 6) is -1.15. The van der Waals surface area contributed by atoms with Crippen molar-refractivity contribution in [3.8, 4) is 0 Å². The lowest BCUT2D eigenvalue weighted by Gasteiger charge is -2.15. The van der Waals surface area contributed by atoms with Crippen molar-refractivity contribution in [2.45, 2.75) is 13.8 Å². The van der Waals surface area contributed by atoms with E-state index in [1.807, 2.05) is 0 Å². The van der Waals surface area contributed by atoms with Gasteiger partial charge in [0.15, 0.2) is 0 Å². The fourth-order valence-electron chi connectivity index (χ4n) is 2.89. The Morgan fingerprint density at radius 3 is 2.45 bits per heavy atom. The number of nitro benzene ring substituents is 1. The van der Waals surface area contributed by atoms with Crippen LogP contribution in [0.3, 0.4) is 0 Å². The van der Waals surface area contributed by atoms with Gasteiger partial charge in [-0.15, -0.1) is 0 Å². The molecule has 1 aromatic heterocycles. The number of nitro groups is 1. The largest absolute Gasteiger partial charge is 0.462 e. The molecule has 10 heteroatoms. The number of non-ortho nitro benzene ring substituents is 1. The molecule has 0 fully saturated rings. The summed E-state index contributed by atoms with van der Waals surface area (Å²) in [5.41, 5.74) is 1.34. The van der Waals surface area contributed by atoms with E-state index in [0.29, 0.717) is 22.3 Å². The molecule has 0 aliphatic rings. The average Bonchev–Trinajstić information content (AvgIpc) is 2.75. The van der Waals surface area contributed by atoms with Crippen molar-refractivity contribution in [3.05, 3.63) is 68.9 Å². The third kappa shape index (κ3) is 4.72. The number of benzene rings is 2. The molecule has 0 radical (unpaired) electrons. The first kappa shape index (κ1) is 22.0. The monoisotopic (exact) mass is 443 g/mol. The first-order valence-corrected chi connectivity index (χ1v) is 9.71. The zero-order chi connectivity index (χ0) is 22.5. The fourth-order valence-corrected chi connectivity index (χ4v) is 3.11. The Kier molecular flexibility index (Phi) is 6.66. The molecule has 0 amide bonds. The van der Waals surface area contributed by atoms with Gasteiger partial charge in [-0.05, 0) is 38.1 Å². The highest BCUT2D eigenvalue weighted by molar-refractivity contribution is 6.33. The number of fused-ring (bicyclic) bond motifs is 1. The van der Waals surface area contributed by atoms with E-state index >= 15 is 0 Å². The minimum atomic E-state index is -0.626. The number of halogens is 1. The van der Waals surface area contributed by atoms with Crippen LogP contribution in [0.4, 0.5) is 17.1 Å². The molecule has 0 aliphatic carbocycles. The lowest BCUT2D eigenvalue weighted by Crippen LogP contribution is -2.10. The van der Waals surface area contributed by atoms with Gasteiger partial charge in [0, 0.05) is 23.7 Å². The van der Waals surface area contributed by atoms with Crippen LogP contribution in [0.1, 0.15) is 34.6 Å². The van der Waals surface area contributed by atoms with Gasteiger partial charge in [-0.1, -0.05) is 11.6 Å². The number of ether oxygens (including phenoxy) is 2. The summed E-state index contributed by atoms with van der Waals surface area (Å²) in [5, 5.41) is 14.5. The molecule has 0 saturated heterocycles. The number of aromatic nitrogens is 1. The van der Waals surface area contributed by atoms with E-state index in [1.165, 1.54) is 24.4 Å². The third-order valence-electron chi connectivity index (χ3n) is 4.30. The number of hydrogen-bond donors (Lipinski definition) is 1. The molecule has 0 aliphatic heterocycles. The van der Waals surface area contributed by atoms with Crippen LogP contribution < -0.4 is 5.32 Å². The number of carbonyl (C=O) groups excluding carboxylic acids is 2. The van der Waals surface area contributed by atoms with Gasteiger partial charge in [0.25, 0.3) is 5.69 Å². The minimum absolute atomic E-state index is 0.0792. The van der Waals surface area contributed by atoms with Crippen LogP contribution in [0.5, 0.6) is 0 Å². The highest BCUT2D eigenvalue weighted by Gasteiger charge is 2.20. The number of anilines is 2. The van der Waals surface area contributed by atoms with Gasteiger partial charge in [0.05, 0.1) is 45.6 Å². The van der Waals surface area contributed by atoms with Gasteiger partial charge in [0.1, 0.15) is 5.56 Å². The topological polar surface area (TPSA) is 121 Å². The summed E-state index contributed by atoms with van der Waals surface area (Å²) in [6.07, 6.45) is 1.35. The van der Waals surface area contributed by atoms with Crippen molar-refractivity contribution in [1.29, 1.82) is 0 Å². The quantitative estimate of drug-likeness (QED) is 0.311. The van der Waals surface area contributed by atoms with Crippen LogP contribution >= 0.6 is 11.6 Å². The Balaban J connectivity index is 2.18. The predicted octanol–water partition coefficient (Wildman–Crippen LogP) is 4.89. The summed E-state index contributed by atoms with van der Waals surface area (Å²) in [6.45, 7) is 3.73. The molecule has 3 rings (SSSR count). The highest BCUT2D eigenvalue weighted by Crippen LogP contribution is 2.34. The molecule has 0 bridgehead atoms. The van der Waals surface area contributed by atoms with E-state index in [9.17, 15) is 19.7 Å². The normalized spacial score (nSPS) is 10.5. The maximum absolute atomic E-state index is 12.5. The fraction of sp³-hybridized carbons (Fsp3) is 0.190. The van der Waals surface area contributed by atoms with E-state index in [-0.39, 0.29) is 35.1 Å². The van der Waals surface area contributed by atoms with Crippen molar-refractivity contribution in [2.24, 2.45) is 0 Å². The van der Waals surface area contributed by atoms with Crippen LogP contribution in [-0.2, 0) is 9.47 Å². The number of carbonyl (C=O) groups is 2. The van der Waals surface area contributed by atoms with E-state index in [0.717, 1.165) is 0 Å². The van der Waals surface area contributed by atoms with Gasteiger partial charge in [-0.2, -0.15) is 0 Å². The summed E-state index contributed by atoms with van der Waals surface area (Å²) in [7, 11) is 0. The second-order valence-corrected chi connectivity index (χ2v) is 6.67. The first-order valence-electron chi connectivity index (χ1n) is 9.33. The lowest BCUT2D eigenvalue weighted by atomic mass is 10.1. The van der Waals surface area contributed by atoms with E-state index < -0.39 is 16.9 Å². The van der Waals surface area contributed by atoms with Gasteiger partial charge in [0.2, 0.25) is 0 Å². The molecule has 1 N–H and O–H groups in total. The van der Waals surface area contributed by atoms with Crippen molar-refractivity contribution >= 4 is 51.5 Å². The molecule has 0 atom stereocenters. The maximum atomic E-state index is 12.5. The molecule has 2 aromatic carbocycles. The van der Waals surface area contributed by atoms with Gasteiger partial charge >= 0.3 is 11.9 Å². The summed E-state index contributed by atoms with van der Waals surface area (Å²) >= 11 is 6.22. The summed E-state index contributed by atoms with van der Waals surface area (Å²) in [4.78, 5) is 39.4. The third-order valence-corrected chi connectivity index (χ3v) is 4.61. The Hall–Kier alpha value is -3.72. The highest BCUT2D eigenvalue weighted by atomic mass is 35.5. The smallest absolute Gasteiger partial charge is 0.341 e. The number of nitrogens with one attached hydrogen (secondary N) is 1. The molecule has 0 unspecified atom stereocenters. The number of rotatable bonds is 7. The van der Waals surface area contributed by atoms with Crippen molar-refractivity contribution in [2.75, 3.05) is 18.5 Å². The summed E-state index contributed by atoms with van der Waals surface area (Å²) in [6, 6.07) is 8.65. The van der Waals surface area contributed by atoms with Crippen LogP contribution in [0, 0.1) is 10.1 Å². The molecule has 9 nitrogen and oxygen atoms in total. The number of pyridine rings is 1. The van der Waals surface area contributed by atoms with Gasteiger partial charge in [-0.3, -0.25) is 15.1 Å². The first-order chi connectivity index (χ1) is 14.8. The number of esters is 2. The zero-order valence-corrected chi connectivity index (χ0v) is 17.4. The lowest BCUT2D eigenvalue weighted by molar-refractivity contribution is -0.384. The predicted molar refractivity (Wildman–Crippen MR) is 115 cm³/mol. The van der Waals surface area contributed by atoms with Gasteiger partial charge in [-0.25, -0.2) is 9.59 Å². The average molecular weight is 444 g/mol. The van der Waals surface area contributed by atoms with E-state index in [1.54, 1.807) is 32.0 Å². The Bertz CT molecular complexity index is 1180. The number of hydrogen-bond acceptors (Lipinski definition) is 8. The molecular weight excluding hydrogens is 426 g/mol. The number of nitrogens with zero attached hydrogens (tertiary/aromatic N) is 2. The SMILES string of the molecule is CCOC(=O)c1ccc2ncc(C(=O)OCC)c(Nc3ccc([N+](=O)[O-])cc3Cl)c2c1. The standard InChI is InChI=1S/C21H18ClN3O6/c1-3-30-20(26)12-5-7-17-14(9-12)19(15(11-23-17)21(27)31-4-2)24-18-8-6-13(25(28)29)10-16(18)22/h5-11H,3-4H2,1-2H3,(H,23,24). The second kappa shape index (κ2) is 9.40. The van der Waals surface area contributed by atoms with Crippen LogP contribution in [-0.4, -0.2) is 35.1 Å². The van der Waals surface area contributed by atoms with E-state index in [4.69, 9.17) is 21.1 Å². The van der Waals surface area contributed by atoms with Gasteiger partial charge < -0.3 is 14.8 Å². The summed E-state index contributed by atoms with van der Waals surface area (Å²) < 4.78 is 10.2. The van der Waals surface area contributed by atoms with Crippen LogP contribution in [0.15, 0.2) is 42.6 Å². The molecule has 160 valence electrons. The molecular formula is C21H18ClN3O6. The van der Waals surface area contributed by atoms with E-state index in [2.05, 4.69) is 10.3 Å². The van der Waals surface area contributed by atoms with Crippen molar-refractivity contribution in [3.63, 3.8) is 0 Å². The van der Waals surface area contributed by atoms with Crippen LogP contribution in [0.25, 0.3) is 10.9 Å². The zero-order valence-electron chi connectivity index (χ0n) is 16.7. The maximum Gasteiger partial charge on any atom is 0.341 e. The second-order valence-electron chi connectivity index (χ2n) is 6.27. The molecule has 0 spiro atoms. The minimum Gasteiger partial charge on any atom is -0.462 e. The van der Waals surface area contributed by atoms with Crippen molar-refractivity contribution < 1.29 is 24.0 Å². The Morgan fingerprint density at radius 2 is 1.81 bits per heavy atom. The Labute approximate surface area is 182 Å². The molecule has 3 aromatic rings.